The molecule has 6 rings (SSSR count). The van der Waals surface area contributed by atoms with Crippen molar-refractivity contribution in [1.29, 1.82) is 0 Å². The first-order valence-electron chi connectivity index (χ1n) is 12.9. The summed E-state index contributed by atoms with van der Waals surface area (Å²) in [6.07, 6.45) is 9.09. The van der Waals surface area contributed by atoms with Crippen molar-refractivity contribution in [1.82, 2.24) is 35.5 Å². The average Bonchev–Trinajstić information content (AvgIpc) is 3.56. The summed E-state index contributed by atoms with van der Waals surface area (Å²) in [6, 6.07) is 3.12. The number of carbonyl (C=O) groups is 1. The minimum absolute atomic E-state index is 0.0296. The Labute approximate surface area is 200 Å². The monoisotopic (exact) mass is 467 g/mol. The molecule has 3 aliphatic heterocycles. The van der Waals surface area contributed by atoms with Gasteiger partial charge in [0.15, 0.2) is 5.65 Å². The van der Waals surface area contributed by atoms with Crippen molar-refractivity contribution in [2.75, 3.05) is 31.6 Å². The average molecular weight is 468 g/mol. The van der Waals surface area contributed by atoms with E-state index in [1.807, 2.05) is 4.52 Å². The smallest absolute Gasteiger partial charge is 0.226 e. The fraction of sp³-hybridized carbons (Fsp3) is 0.708. The Morgan fingerprint density at radius 3 is 2.88 bits per heavy atom. The molecular formula is C24H37N9O. The van der Waals surface area contributed by atoms with E-state index in [9.17, 15) is 4.79 Å². The number of fused-ring (bicyclic) bond motifs is 2. The fourth-order valence-corrected chi connectivity index (χ4v) is 6.48. The Bertz CT molecular complexity index is 1070. The number of likely N-dealkylation sites (N-methyl/N-ethyl adjacent to an activating group) is 1. The molecule has 1 amide bonds. The Morgan fingerprint density at radius 1 is 1.18 bits per heavy atom. The van der Waals surface area contributed by atoms with Gasteiger partial charge in [0.05, 0.1) is 11.7 Å². The van der Waals surface area contributed by atoms with Crippen molar-refractivity contribution >= 4 is 17.4 Å². The molecule has 5 atom stereocenters. The summed E-state index contributed by atoms with van der Waals surface area (Å²) in [7, 11) is 2.07. The number of nitrogens with zero attached hydrogens (tertiary/aromatic N) is 6. The molecule has 1 saturated carbocycles. The maximum absolute atomic E-state index is 13.7. The lowest BCUT2D eigenvalue weighted by Gasteiger charge is -2.39. The highest BCUT2D eigenvalue weighted by Gasteiger charge is 2.42. The highest BCUT2D eigenvalue weighted by molar-refractivity contribution is 5.79. The number of anilines is 1. The van der Waals surface area contributed by atoms with Gasteiger partial charge in [0, 0.05) is 68.6 Å². The maximum atomic E-state index is 13.7. The fourth-order valence-electron chi connectivity index (χ4n) is 6.48. The van der Waals surface area contributed by atoms with Gasteiger partial charge in [-0.1, -0.05) is 0 Å². The molecule has 2 aromatic rings. The molecular weight excluding hydrogens is 430 g/mol. The first kappa shape index (κ1) is 22.2. The molecule has 4 fully saturated rings. The van der Waals surface area contributed by atoms with E-state index in [1.54, 1.807) is 0 Å². The van der Waals surface area contributed by atoms with Gasteiger partial charge < -0.3 is 15.5 Å². The predicted octanol–water partition coefficient (Wildman–Crippen LogP) is 1.12. The van der Waals surface area contributed by atoms with E-state index < -0.39 is 0 Å². The van der Waals surface area contributed by atoms with Crippen LogP contribution in [0.3, 0.4) is 0 Å². The second-order valence-electron chi connectivity index (χ2n) is 10.7. The standard InChI is InChI=1S/C24H37N9O/c1-15-13-33-22(26-23(15)31-10-8-17(25)14-31)12-19(28-33)21-5-3-4-9-32(21)24(34)16-6-7-20-18(11-16)27-29-30(20)2/h12-13,16-18,20-21,27,29H,3-11,14,25H2,1-2H3/t16?,17-,18?,20?,21-/m0/s1. The third-order valence-corrected chi connectivity index (χ3v) is 8.36. The Morgan fingerprint density at radius 2 is 2.06 bits per heavy atom. The van der Waals surface area contributed by atoms with Crippen molar-refractivity contribution in [2.45, 2.75) is 76.0 Å². The molecule has 0 aromatic carbocycles. The zero-order chi connectivity index (χ0) is 23.4. The van der Waals surface area contributed by atoms with Crippen LogP contribution < -0.4 is 21.6 Å². The SMILES string of the molecule is Cc1cn2nc([C@@H]3CCCCN3C(=O)C3CCC4C(C3)NNN4C)cc2nc1N1CC[C@H](N)C1. The third kappa shape index (κ3) is 3.86. The van der Waals surface area contributed by atoms with E-state index in [0.717, 1.165) is 87.3 Å². The minimum atomic E-state index is 0.0296. The molecule has 5 heterocycles. The molecule has 3 unspecified atom stereocenters. The van der Waals surface area contributed by atoms with E-state index in [-0.39, 0.29) is 18.0 Å². The summed E-state index contributed by atoms with van der Waals surface area (Å²) in [5.41, 5.74) is 15.6. The van der Waals surface area contributed by atoms with Crippen LogP contribution in [0.25, 0.3) is 5.65 Å². The number of aryl methyl sites for hydroxylation is 1. The van der Waals surface area contributed by atoms with Crippen LogP contribution in [-0.4, -0.2) is 75.2 Å². The number of nitrogens with two attached hydrogens (primary N) is 1. The first-order valence-corrected chi connectivity index (χ1v) is 12.9. The van der Waals surface area contributed by atoms with Gasteiger partial charge in [-0.05, 0) is 51.9 Å². The summed E-state index contributed by atoms with van der Waals surface area (Å²) >= 11 is 0. The van der Waals surface area contributed by atoms with Crippen LogP contribution in [0.5, 0.6) is 0 Å². The molecule has 0 spiro atoms. The van der Waals surface area contributed by atoms with E-state index in [0.29, 0.717) is 18.0 Å². The summed E-state index contributed by atoms with van der Waals surface area (Å²) in [5.74, 6) is 1.38. The number of rotatable bonds is 3. The highest BCUT2D eigenvalue weighted by atomic mass is 16.2. The van der Waals surface area contributed by atoms with E-state index >= 15 is 0 Å². The number of aromatic nitrogens is 3. The number of hydrogen-bond acceptors (Lipinski definition) is 8. The minimum Gasteiger partial charge on any atom is -0.355 e. The van der Waals surface area contributed by atoms with Crippen LogP contribution in [0.1, 0.15) is 62.2 Å². The number of piperidine rings is 1. The molecule has 184 valence electrons. The van der Waals surface area contributed by atoms with Gasteiger partial charge in [-0.15, -0.1) is 0 Å². The van der Waals surface area contributed by atoms with Gasteiger partial charge in [-0.3, -0.25) is 4.79 Å². The predicted molar refractivity (Wildman–Crippen MR) is 130 cm³/mol. The normalized spacial score (nSPS) is 32.5. The van der Waals surface area contributed by atoms with Crippen LogP contribution in [0.4, 0.5) is 5.82 Å². The van der Waals surface area contributed by atoms with E-state index in [2.05, 4.69) is 52.0 Å². The van der Waals surface area contributed by atoms with Crippen LogP contribution >= 0.6 is 0 Å². The Balaban J connectivity index is 1.24. The number of carbonyl (C=O) groups excluding carboxylic acids is 1. The van der Waals surface area contributed by atoms with E-state index in [1.165, 1.54) is 0 Å². The Hall–Kier alpha value is -2.27. The molecule has 0 radical (unpaired) electrons. The molecule has 3 saturated heterocycles. The lowest BCUT2D eigenvalue weighted by molar-refractivity contribution is -0.141. The number of likely N-dealkylation sites (tertiary alicyclic amines) is 1. The molecule has 2 aromatic heterocycles. The molecule has 4 aliphatic rings. The summed E-state index contributed by atoms with van der Waals surface area (Å²) in [5, 5.41) is 7.05. The maximum Gasteiger partial charge on any atom is 0.226 e. The van der Waals surface area contributed by atoms with Crippen LogP contribution in [-0.2, 0) is 4.79 Å². The second-order valence-corrected chi connectivity index (χ2v) is 10.7. The first-order chi connectivity index (χ1) is 16.5. The van der Waals surface area contributed by atoms with Crippen molar-refractivity contribution in [3.63, 3.8) is 0 Å². The molecule has 4 N–H and O–H groups in total. The van der Waals surface area contributed by atoms with Crippen molar-refractivity contribution in [3.05, 3.63) is 23.5 Å². The topological polar surface area (TPSA) is 107 Å². The third-order valence-electron chi connectivity index (χ3n) is 8.36. The summed E-state index contributed by atoms with van der Waals surface area (Å²) < 4.78 is 1.89. The number of amides is 1. The second kappa shape index (κ2) is 8.75. The van der Waals surface area contributed by atoms with Gasteiger partial charge in [0.2, 0.25) is 5.91 Å². The van der Waals surface area contributed by atoms with Gasteiger partial charge in [-0.2, -0.15) is 10.6 Å². The summed E-state index contributed by atoms with van der Waals surface area (Å²) in [6.45, 7) is 4.69. The largest absolute Gasteiger partial charge is 0.355 e. The zero-order valence-electron chi connectivity index (χ0n) is 20.3. The van der Waals surface area contributed by atoms with Crippen molar-refractivity contribution < 1.29 is 4.79 Å². The summed E-state index contributed by atoms with van der Waals surface area (Å²) in [4.78, 5) is 23.1. The highest BCUT2D eigenvalue weighted by Crippen LogP contribution is 2.36. The van der Waals surface area contributed by atoms with Gasteiger partial charge >= 0.3 is 0 Å². The lowest BCUT2D eigenvalue weighted by atomic mass is 9.81. The van der Waals surface area contributed by atoms with Crippen LogP contribution in [0.15, 0.2) is 12.3 Å². The van der Waals surface area contributed by atoms with Crippen LogP contribution in [0, 0.1) is 12.8 Å². The quantitative estimate of drug-likeness (QED) is 0.617. The van der Waals surface area contributed by atoms with Gasteiger partial charge in [0.25, 0.3) is 0 Å². The number of hydrazine groups is 2. The molecule has 10 heteroatoms. The van der Waals surface area contributed by atoms with E-state index in [4.69, 9.17) is 15.8 Å². The molecule has 0 bridgehead atoms. The number of hydrogen-bond donors (Lipinski definition) is 3. The molecule has 10 nitrogen and oxygen atoms in total. The lowest BCUT2D eigenvalue weighted by Crippen LogP contribution is -2.47. The van der Waals surface area contributed by atoms with Gasteiger partial charge in [-0.25, -0.2) is 19.9 Å². The van der Waals surface area contributed by atoms with Crippen LogP contribution in [0.2, 0.25) is 0 Å². The van der Waals surface area contributed by atoms with Crippen molar-refractivity contribution in [3.8, 4) is 0 Å². The molecule has 1 aliphatic carbocycles. The van der Waals surface area contributed by atoms with Gasteiger partial charge in [0.1, 0.15) is 5.82 Å². The zero-order valence-corrected chi connectivity index (χ0v) is 20.3. The van der Waals surface area contributed by atoms with Crippen molar-refractivity contribution in [2.24, 2.45) is 11.7 Å². The Kier molecular flexibility index (Phi) is 5.71. The number of nitrogens with one attached hydrogen (secondary N) is 2. The molecule has 34 heavy (non-hydrogen) atoms.